The minimum Gasteiger partial charge on any atom is -0.303 e. The Morgan fingerprint density at radius 2 is 1.73 bits per heavy atom. The molecular weight excluding hydrogens is 166 g/mol. The van der Waals surface area contributed by atoms with E-state index in [-0.39, 0.29) is 0 Å². The summed E-state index contributed by atoms with van der Waals surface area (Å²) in [5.74, 6) is -1.14. The van der Waals surface area contributed by atoms with Crippen LogP contribution in [0.25, 0.3) is 0 Å². The number of hydrogen-bond acceptors (Lipinski definition) is 1. The summed E-state index contributed by atoms with van der Waals surface area (Å²) in [5, 5.41) is 0. The van der Waals surface area contributed by atoms with Gasteiger partial charge in [-0.1, -0.05) is 26.6 Å². The van der Waals surface area contributed by atoms with E-state index < -0.39 is 19.5 Å². The molecule has 0 saturated heterocycles. The van der Waals surface area contributed by atoms with Gasteiger partial charge in [0.1, 0.15) is 14.4 Å². The Balaban J connectivity index is 4.58. The minimum absolute atomic E-state index is 0.332. The monoisotopic (exact) mass is 180 g/mol. The van der Waals surface area contributed by atoms with Crippen molar-refractivity contribution in [3.05, 3.63) is 0 Å². The van der Waals surface area contributed by atoms with Crippen molar-refractivity contribution >= 4 is 14.4 Å². The Morgan fingerprint density at radius 3 is 1.82 bits per heavy atom. The van der Waals surface area contributed by atoms with Gasteiger partial charge in [0.2, 0.25) is 5.55 Å². The van der Waals surface area contributed by atoms with Gasteiger partial charge >= 0.3 is 0 Å². The number of hydrogen-bond donors (Lipinski definition) is 0. The molecule has 0 aromatic heterocycles. The van der Waals surface area contributed by atoms with Crippen LogP contribution in [0.4, 0.5) is 8.78 Å². The van der Waals surface area contributed by atoms with Crippen LogP contribution in [0.3, 0.4) is 0 Å². The summed E-state index contributed by atoms with van der Waals surface area (Å²) in [6.07, 6.45) is 0.332. The predicted molar refractivity (Wildman–Crippen MR) is 43.5 cm³/mol. The van der Waals surface area contributed by atoms with Crippen molar-refractivity contribution in [2.45, 2.75) is 32.1 Å². The van der Waals surface area contributed by atoms with Gasteiger partial charge in [0, 0.05) is 0 Å². The lowest BCUT2D eigenvalue weighted by molar-refractivity contribution is -0.117. The highest BCUT2D eigenvalue weighted by Crippen LogP contribution is 2.33. The van der Waals surface area contributed by atoms with Crippen LogP contribution in [0.5, 0.6) is 0 Å². The third-order valence-corrected chi connectivity index (χ3v) is 4.23. The zero-order valence-corrected chi connectivity index (χ0v) is 8.32. The number of carbonyl (C=O) groups is 1. The molecule has 0 unspecified atom stereocenters. The molecule has 1 atom stereocenters. The van der Waals surface area contributed by atoms with E-state index in [0.29, 0.717) is 6.29 Å². The molecule has 0 aliphatic heterocycles. The Kier molecular flexibility index (Phi) is 2.94. The molecule has 0 aliphatic carbocycles. The first-order valence-corrected chi connectivity index (χ1v) is 7.06. The molecule has 66 valence electrons. The molecule has 4 heteroatoms. The molecule has 0 N–H and O–H groups in total. The molecule has 0 fully saturated rings. The molecule has 0 bridgehead atoms. The summed E-state index contributed by atoms with van der Waals surface area (Å²) >= 11 is 0. The summed E-state index contributed by atoms with van der Waals surface area (Å²) in [5.41, 5.74) is -2.78. The Labute approximate surface area is 66.8 Å². The first-order chi connectivity index (χ1) is 4.73. The van der Waals surface area contributed by atoms with Crippen molar-refractivity contribution in [2.75, 3.05) is 0 Å². The second-order valence-corrected chi connectivity index (χ2v) is 8.96. The molecule has 0 saturated carbocycles. The highest BCUT2D eigenvalue weighted by molar-refractivity contribution is 6.78. The Morgan fingerprint density at radius 1 is 1.36 bits per heavy atom. The molecule has 0 spiro atoms. The predicted octanol–water partition coefficient (Wildman–Crippen LogP) is 2.33. The first-order valence-electron chi connectivity index (χ1n) is 3.56. The van der Waals surface area contributed by atoms with E-state index in [1.807, 2.05) is 0 Å². The summed E-state index contributed by atoms with van der Waals surface area (Å²) < 4.78 is 26.3. The van der Waals surface area contributed by atoms with Crippen LogP contribution in [-0.2, 0) is 4.79 Å². The van der Waals surface area contributed by atoms with Crippen molar-refractivity contribution in [3.63, 3.8) is 0 Å². The second-order valence-electron chi connectivity index (χ2n) is 3.80. The second kappa shape index (κ2) is 3.01. The van der Waals surface area contributed by atoms with Gasteiger partial charge in [-0.05, 0) is 0 Å². The van der Waals surface area contributed by atoms with Gasteiger partial charge in [-0.3, -0.25) is 0 Å². The molecule has 0 amide bonds. The largest absolute Gasteiger partial charge is 0.303 e. The number of rotatable bonds is 3. The summed E-state index contributed by atoms with van der Waals surface area (Å²) in [7, 11) is -2.53. The smallest absolute Gasteiger partial charge is 0.238 e. The molecule has 0 rings (SSSR count). The molecule has 1 nitrogen and oxygen atoms in total. The fourth-order valence-electron chi connectivity index (χ4n) is 0.768. The Bertz CT molecular complexity index is 151. The molecule has 0 aromatic carbocycles. The quantitative estimate of drug-likeness (QED) is 0.481. The number of alkyl halides is 2. The van der Waals surface area contributed by atoms with Crippen molar-refractivity contribution < 1.29 is 13.6 Å². The van der Waals surface area contributed by atoms with Crippen molar-refractivity contribution in [3.8, 4) is 0 Å². The highest BCUT2D eigenvalue weighted by Gasteiger charge is 2.48. The third kappa shape index (κ3) is 2.09. The van der Waals surface area contributed by atoms with E-state index in [2.05, 4.69) is 0 Å². The number of aldehydes is 1. The van der Waals surface area contributed by atoms with Crippen molar-refractivity contribution in [1.82, 2.24) is 0 Å². The average molecular weight is 180 g/mol. The van der Waals surface area contributed by atoms with Gasteiger partial charge in [-0.15, -0.1) is 0 Å². The molecule has 0 radical (unpaired) electrons. The number of carbonyl (C=O) groups excluding carboxylic acids is 1. The van der Waals surface area contributed by atoms with E-state index >= 15 is 0 Å². The van der Waals surface area contributed by atoms with Crippen LogP contribution in [0, 0.1) is 5.92 Å². The van der Waals surface area contributed by atoms with Gasteiger partial charge in [0.05, 0.1) is 5.92 Å². The van der Waals surface area contributed by atoms with E-state index in [4.69, 9.17) is 0 Å². The van der Waals surface area contributed by atoms with Gasteiger partial charge < -0.3 is 4.79 Å². The lowest BCUT2D eigenvalue weighted by Gasteiger charge is -2.30. The van der Waals surface area contributed by atoms with Crippen LogP contribution in [0.1, 0.15) is 6.92 Å². The molecular formula is C7H14F2OSi. The fraction of sp³-hybridized carbons (Fsp3) is 0.857. The zero-order chi connectivity index (χ0) is 9.28. The number of halogens is 2. The lowest BCUT2D eigenvalue weighted by atomic mass is 10.2. The maximum Gasteiger partial charge on any atom is 0.238 e. The molecule has 0 heterocycles. The molecule has 0 aromatic rings. The van der Waals surface area contributed by atoms with Gasteiger partial charge in [0.25, 0.3) is 0 Å². The standard InChI is InChI=1S/C7H14F2OSi/c1-6(5-10)7(8,9)11(2,3)4/h5-6H,1-4H3/t6-/m0/s1. The minimum atomic E-state index is -2.78. The SMILES string of the molecule is C[C@@H](C=O)C(F)(F)[Si](C)(C)C. The van der Waals surface area contributed by atoms with Gasteiger partial charge in [-0.25, -0.2) is 8.78 Å². The lowest BCUT2D eigenvalue weighted by Crippen LogP contribution is -2.50. The van der Waals surface area contributed by atoms with Crippen molar-refractivity contribution in [1.29, 1.82) is 0 Å². The Hall–Kier alpha value is -0.253. The average Bonchev–Trinajstić information content (AvgIpc) is 1.83. The summed E-state index contributed by atoms with van der Waals surface area (Å²) in [6, 6.07) is 0. The van der Waals surface area contributed by atoms with Gasteiger partial charge in [-0.2, -0.15) is 0 Å². The van der Waals surface area contributed by atoms with E-state index in [1.54, 1.807) is 19.6 Å². The van der Waals surface area contributed by atoms with Crippen LogP contribution in [0.15, 0.2) is 0 Å². The summed E-state index contributed by atoms with van der Waals surface area (Å²) in [4.78, 5) is 10.1. The molecule has 0 aliphatic rings. The van der Waals surface area contributed by atoms with Crippen molar-refractivity contribution in [2.24, 2.45) is 5.92 Å². The fourth-order valence-corrected chi connectivity index (χ4v) is 2.20. The van der Waals surface area contributed by atoms with E-state index in [9.17, 15) is 13.6 Å². The van der Waals surface area contributed by atoms with Crippen LogP contribution in [0.2, 0.25) is 19.6 Å². The normalized spacial score (nSPS) is 16.2. The van der Waals surface area contributed by atoms with E-state index in [0.717, 1.165) is 0 Å². The van der Waals surface area contributed by atoms with Gasteiger partial charge in [0.15, 0.2) is 0 Å². The first kappa shape index (κ1) is 10.7. The topological polar surface area (TPSA) is 17.1 Å². The van der Waals surface area contributed by atoms with Crippen LogP contribution in [-0.4, -0.2) is 19.9 Å². The molecule has 11 heavy (non-hydrogen) atoms. The third-order valence-electron chi connectivity index (χ3n) is 1.78. The zero-order valence-electron chi connectivity index (χ0n) is 7.32. The highest BCUT2D eigenvalue weighted by atomic mass is 28.3. The summed E-state index contributed by atoms with van der Waals surface area (Å²) in [6.45, 7) is 5.96. The maximum atomic E-state index is 13.2. The van der Waals surface area contributed by atoms with Crippen LogP contribution < -0.4 is 0 Å². The van der Waals surface area contributed by atoms with E-state index in [1.165, 1.54) is 6.92 Å². The van der Waals surface area contributed by atoms with Crippen LogP contribution >= 0.6 is 0 Å². The maximum absolute atomic E-state index is 13.2.